The van der Waals surface area contributed by atoms with Gasteiger partial charge in [-0.25, -0.2) is 4.79 Å². The first kappa shape index (κ1) is 28.5. The van der Waals surface area contributed by atoms with E-state index in [0.29, 0.717) is 12.0 Å². The van der Waals surface area contributed by atoms with Crippen molar-refractivity contribution in [2.24, 2.45) is 11.7 Å². The van der Waals surface area contributed by atoms with Crippen LogP contribution < -0.4 is 16.4 Å². The van der Waals surface area contributed by atoms with Crippen LogP contribution in [0.1, 0.15) is 57.7 Å². The molecule has 0 spiro atoms. The van der Waals surface area contributed by atoms with E-state index in [4.69, 9.17) is 10.5 Å². The summed E-state index contributed by atoms with van der Waals surface area (Å²) < 4.78 is 5.29. The minimum atomic E-state index is -1.34. The van der Waals surface area contributed by atoms with Gasteiger partial charge in [0.1, 0.15) is 23.4 Å². The van der Waals surface area contributed by atoms with E-state index in [2.05, 4.69) is 10.6 Å². The van der Waals surface area contributed by atoms with Crippen molar-refractivity contribution >= 4 is 23.8 Å². The molecule has 10 nitrogen and oxygen atoms in total. The Labute approximate surface area is 222 Å². The SMILES string of the molecule is CC1CC1N(C(=O)C(CC(N)=O)NC(=O)OC(C)(C)C)C(C(=O)NCc1ccccc1)c1ccc(O)cc1. The minimum Gasteiger partial charge on any atom is -0.508 e. The van der Waals surface area contributed by atoms with Gasteiger partial charge in [0.05, 0.1) is 6.42 Å². The molecule has 0 aliphatic heterocycles. The number of rotatable bonds is 10. The summed E-state index contributed by atoms with van der Waals surface area (Å²) >= 11 is 0. The van der Waals surface area contributed by atoms with Crippen molar-refractivity contribution in [3.8, 4) is 5.75 Å². The third kappa shape index (κ3) is 7.96. The molecule has 2 aromatic rings. The van der Waals surface area contributed by atoms with Crippen molar-refractivity contribution in [1.29, 1.82) is 0 Å². The molecule has 2 aromatic carbocycles. The Morgan fingerprint density at radius 3 is 2.21 bits per heavy atom. The first-order chi connectivity index (χ1) is 17.9. The van der Waals surface area contributed by atoms with Gasteiger partial charge in [-0.2, -0.15) is 0 Å². The van der Waals surface area contributed by atoms with Crippen molar-refractivity contribution in [3.63, 3.8) is 0 Å². The average molecular weight is 525 g/mol. The molecule has 0 heterocycles. The number of primary amides is 1. The molecule has 4 atom stereocenters. The molecule has 1 aliphatic carbocycles. The second kappa shape index (κ2) is 12.0. The number of hydrogen-bond acceptors (Lipinski definition) is 6. The van der Waals surface area contributed by atoms with Crippen LogP contribution in [-0.2, 0) is 25.7 Å². The van der Waals surface area contributed by atoms with Gasteiger partial charge in [-0.05, 0) is 56.4 Å². The highest BCUT2D eigenvalue weighted by Gasteiger charge is 2.48. The topological polar surface area (TPSA) is 151 Å². The van der Waals surface area contributed by atoms with Crippen LogP contribution in [0, 0.1) is 5.92 Å². The van der Waals surface area contributed by atoms with E-state index in [9.17, 15) is 24.3 Å². The first-order valence-corrected chi connectivity index (χ1v) is 12.6. The van der Waals surface area contributed by atoms with E-state index < -0.39 is 47.9 Å². The highest BCUT2D eigenvalue weighted by molar-refractivity contribution is 5.95. The second-order valence-electron chi connectivity index (χ2n) is 10.6. The molecule has 10 heteroatoms. The summed E-state index contributed by atoms with van der Waals surface area (Å²) in [6.07, 6.45) is -0.707. The fourth-order valence-corrected chi connectivity index (χ4v) is 4.18. The first-order valence-electron chi connectivity index (χ1n) is 12.6. The van der Waals surface area contributed by atoms with Gasteiger partial charge in [-0.1, -0.05) is 49.4 Å². The molecule has 1 fully saturated rings. The van der Waals surface area contributed by atoms with Gasteiger partial charge >= 0.3 is 6.09 Å². The largest absolute Gasteiger partial charge is 0.508 e. The predicted octanol–water partition coefficient (Wildman–Crippen LogP) is 2.76. The molecule has 0 bridgehead atoms. The molecule has 1 aliphatic rings. The third-order valence-electron chi connectivity index (χ3n) is 6.12. The molecule has 204 valence electrons. The number of hydrogen-bond donors (Lipinski definition) is 4. The molecular formula is C28H36N4O6. The van der Waals surface area contributed by atoms with E-state index in [-0.39, 0.29) is 24.3 Å². The monoisotopic (exact) mass is 524 g/mol. The number of benzene rings is 2. The zero-order chi connectivity index (χ0) is 28.0. The van der Waals surface area contributed by atoms with E-state index in [1.807, 2.05) is 37.3 Å². The van der Waals surface area contributed by atoms with Crippen molar-refractivity contribution in [2.45, 2.75) is 70.8 Å². The molecule has 38 heavy (non-hydrogen) atoms. The Hall–Kier alpha value is -4.08. The Morgan fingerprint density at radius 1 is 1.08 bits per heavy atom. The molecule has 0 aromatic heterocycles. The standard InChI is InChI=1S/C28H36N4O6/c1-17-14-22(17)32(26(36)21(15-23(29)34)31-27(37)38-28(2,3)4)24(19-10-12-20(33)13-11-19)25(35)30-16-18-8-6-5-7-9-18/h5-13,17,21-22,24,33H,14-16H2,1-4H3,(H2,29,34)(H,30,35)(H,31,37). The smallest absolute Gasteiger partial charge is 0.408 e. The number of carbonyl (C=O) groups is 4. The lowest BCUT2D eigenvalue weighted by atomic mass is 10.0. The Balaban J connectivity index is 1.96. The highest BCUT2D eigenvalue weighted by atomic mass is 16.6. The third-order valence-corrected chi connectivity index (χ3v) is 6.12. The maximum Gasteiger partial charge on any atom is 0.408 e. The van der Waals surface area contributed by atoms with Gasteiger partial charge in [0.15, 0.2) is 0 Å². The fraction of sp³-hybridized carbons (Fsp3) is 0.429. The van der Waals surface area contributed by atoms with Crippen LogP contribution in [0.2, 0.25) is 0 Å². The fourth-order valence-electron chi connectivity index (χ4n) is 4.18. The van der Waals surface area contributed by atoms with E-state index in [1.54, 1.807) is 32.9 Å². The van der Waals surface area contributed by atoms with Crippen LogP contribution in [0.3, 0.4) is 0 Å². The maximum absolute atomic E-state index is 14.0. The number of nitrogens with two attached hydrogens (primary N) is 1. The van der Waals surface area contributed by atoms with Crippen LogP contribution in [0.25, 0.3) is 0 Å². The summed E-state index contributed by atoms with van der Waals surface area (Å²) in [6.45, 7) is 7.21. The predicted molar refractivity (Wildman–Crippen MR) is 141 cm³/mol. The lowest BCUT2D eigenvalue weighted by Crippen LogP contribution is -2.55. The van der Waals surface area contributed by atoms with E-state index >= 15 is 0 Å². The lowest BCUT2D eigenvalue weighted by molar-refractivity contribution is -0.144. The maximum atomic E-state index is 14.0. The summed E-state index contributed by atoms with van der Waals surface area (Å²) in [5.41, 5.74) is 5.93. The molecular weight excluding hydrogens is 488 g/mol. The number of aromatic hydroxyl groups is 1. The highest BCUT2D eigenvalue weighted by Crippen LogP contribution is 2.41. The number of phenols is 1. The van der Waals surface area contributed by atoms with E-state index in [0.717, 1.165) is 5.56 Å². The molecule has 5 N–H and O–H groups in total. The molecule has 4 unspecified atom stereocenters. The van der Waals surface area contributed by atoms with Gasteiger partial charge in [0, 0.05) is 12.6 Å². The molecule has 0 radical (unpaired) electrons. The summed E-state index contributed by atoms with van der Waals surface area (Å²) in [5, 5.41) is 15.2. The Bertz CT molecular complexity index is 1150. The number of alkyl carbamates (subject to hydrolysis) is 1. The second-order valence-corrected chi connectivity index (χ2v) is 10.6. The Kier molecular flexibility index (Phi) is 8.98. The number of phenolic OH excluding ortho intramolecular Hbond substituents is 1. The zero-order valence-corrected chi connectivity index (χ0v) is 22.1. The van der Waals surface area contributed by atoms with Crippen LogP contribution in [0.5, 0.6) is 5.75 Å². The number of nitrogens with zero attached hydrogens (tertiary/aromatic N) is 1. The van der Waals surface area contributed by atoms with Crippen molar-refractivity contribution in [2.75, 3.05) is 0 Å². The molecule has 3 rings (SSSR count). The summed E-state index contributed by atoms with van der Waals surface area (Å²) in [5.74, 6) is -1.76. The van der Waals surface area contributed by atoms with Crippen LogP contribution in [0.4, 0.5) is 4.79 Å². The van der Waals surface area contributed by atoms with Crippen LogP contribution in [-0.4, -0.2) is 51.5 Å². The van der Waals surface area contributed by atoms with Crippen molar-refractivity contribution in [1.82, 2.24) is 15.5 Å². The normalized spacial score (nSPS) is 18.0. The molecule has 0 saturated heterocycles. The van der Waals surface area contributed by atoms with Gasteiger partial charge in [-0.3, -0.25) is 14.4 Å². The number of carbonyl (C=O) groups excluding carboxylic acids is 4. The summed E-state index contributed by atoms with van der Waals surface area (Å²) in [7, 11) is 0. The van der Waals surface area contributed by atoms with Gasteiger partial charge in [0.2, 0.25) is 17.7 Å². The number of amides is 4. The molecule has 1 saturated carbocycles. The Morgan fingerprint density at radius 2 is 1.68 bits per heavy atom. The van der Waals surface area contributed by atoms with Crippen molar-refractivity contribution in [3.05, 3.63) is 65.7 Å². The summed E-state index contributed by atoms with van der Waals surface area (Å²) in [6, 6.07) is 12.6. The molecule has 4 amide bonds. The van der Waals surface area contributed by atoms with Gasteiger partial charge in [0.25, 0.3) is 0 Å². The van der Waals surface area contributed by atoms with Crippen LogP contribution >= 0.6 is 0 Å². The van der Waals surface area contributed by atoms with Gasteiger partial charge < -0.3 is 31.1 Å². The van der Waals surface area contributed by atoms with Gasteiger partial charge in [-0.15, -0.1) is 0 Å². The van der Waals surface area contributed by atoms with Crippen molar-refractivity contribution < 1.29 is 29.0 Å². The minimum absolute atomic E-state index is 0.00746. The van der Waals surface area contributed by atoms with E-state index in [1.165, 1.54) is 17.0 Å². The van der Waals surface area contributed by atoms with Crippen LogP contribution in [0.15, 0.2) is 54.6 Å². The number of nitrogens with one attached hydrogen (secondary N) is 2. The average Bonchev–Trinajstić information content (AvgIpc) is 3.55. The zero-order valence-electron chi connectivity index (χ0n) is 22.1. The lowest BCUT2D eigenvalue weighted by Gasteiger charge is -2.35. The quantitative estimate of drug-likeness (QED) is 0.375. The summed E-state index contributed by atoms with van der Waals surface area (Å²) in [4.78, 5) is 53.5. The number of ether oxygens (including phenoxy) is 1.